The van der Waals surface area contributed by atoms with E-state index in [0.29, 0.717) is 23.7 Å². The number of ether oxygens (including phenoxy) is 1. The molecule has 2 unspecified atom stereocenters. The minimum atomic E-state index is -1.15. The van der Waals surface area contributed by atoms with Gasteiger partial charge in [-0.25, -0.2) is 9.36 Å². The van der Waals surface area contributed by atoms with Crippen LogP contribution in [0.2, 0.25) is 0 Å². The molecule has 4 N–H and O–H groups in total. The van der Waals surface area contributed by atoms with Gasteiger partial charge in [0.15, 0.2) is 0 Å². The predicted octanol–water partition coefficient (Wildman–Crippen LogP) is 1.78. The first kappa shape index (κ1) is 22.5. The van der Waals surface area contributed by atoms with Crippen LogP contribution in [-0.4, -0.2) is 45.7 Å². The predicted molar refractivity (Wildman–Crippen MR) is 124 cm³/mol. The summed E-state index contributed by atoms with van der Waals surface area (Å²) in [4.78, 5) is 25.7. The Morgan fingerprint density at radius 1 is 1.34 bits per heavy atom. The van der Waals surface area contributed by atoms with Gasteiger partial charge in [0.2, 0.25) is 5.91 Å². The molecule has 0 aliphatic carbocycles. The smallest absolute Gasteiger partial charge is 0.352 e. The Hall–Kier alpha value is -2.66. The topological polar surface area (TPSA) is 117 Å². The zero-order chi connectivity index (χ0) is 23.2. The number of aliphatic hydroxyl groups is 1. The van der Waals surface area contributed by atoms with Crippen LogP contribution >= 0.6 is 22.6 Å². The Kier molecular flexibility index (Phi) is 6.13. The van der Waals surface area contributed by atoms with Crippen LogP contribution in [0.5, 0.6) is 5.75 Å². The number of hydrogen-bond acceptors (Lipinski definition) is 5. The molecule has 0 radical (unpaired) electrons. The van der Waals surface area contributed by atoms with Crippen LogP contribution in [0.1, 0.15) is 19.4 Å². The first-order valence-electron chi connectivity index (χ1n) is 10.3. The van der Waals surface area contributed by atoms with Gasteiger partial charge in [-0.1, -0.05) is 19.1 Å². The van der Waals surface area contributed by atoms with Crippen molar-refractivity contribution >= 4 is 40.3 Å². The van der Waals surface area contributed by atoms with Crippen LogP contribution < -0.4 is 15.0 Å². The molecule has 2 aliphatic heterocycles. The van der Waals surface area contributed by atoms with E-state index in [1.165, 1.54) is 4.90 Å². The molecule has 3 heterocycles. The van der Waals surface area contributed by atoms with Crippen LogP contribution in [0, 0.1) is 15.4 Å². The van der Waals surface area contributed by atoms with Crippen molar-refractivity contribution in [1.29, 1.82) is 0 Å². The highest BCUT2D eigenvalue weighted by atomic mass is 127. The second kappa shape index (κ2) is 8.70. The number of amides is 1. The Labute approximate surface area is 199 Å². The van der Waals surface area contributed by atoms with Gasteiger partial charge >= 0.3 is 5.97 Å². The summed E-state index contributed by atoms with van der Waals surface area (Å²) >= 11 is 2.19. The third-order valence-electron chi connectivity index (χ3n) is 6.23. The van der Waals surface area contributed by atoms with Crippen molar-refractivity contribution in [3.8, 4) is 5.75 Å². The van der Waals surface area contributed by atoms with E-state index < -0.39 is 18.0 Å². The largest absolute Gasteiger partial charge is 0.488 e. The van der Waals surface area contributed by atoms with Crippen LogP contribution in [-0.2, 0) is 16.1 Å². The third kappa shape index (κ3) is 3.83. The number of hydrogen-bond donors (Lipinski definition) is 3. The summed E-state index contributed by atoms with van der Waals surface area (Å²) < 4.78 is 8.82. The maximum absolute atomic E-state index is 12.4. The van der Waals surface area contributed by atoms with Crippen molar-refractivity contribution in [2.45, 2.75) is 32.5 Å². The zero-order valence-corrected chi connectivity index (χ0v) is 19.9. The monoisotopic (exact) mass is 550 g/mol. The number of carboxylic acids is 1. The molecule has 1 saturated heterocycles. The minimum absolute atomic E-state index is 0.0213. The number of nitrogen functional groups attached to an aromatic ring is 1. The lowest BCUT2D eigenvalue weighted by molar-refractivity contribution is -0.674. The number of β-lactam (4-membered cyclic amide) rings is 1. The molecule has 0 saturated carbocycles. The first-order valence-corrected chi connectivity index (χ1v) is 11.4. The van der Waals surface area contributed by atoms with Crippen LogP contribution in [0.15, 0.2) is 53.9 Å². The summed E-state index contributed by atoms with van der Waals surface area (Å²) in [6.45, 7) is 4.12. The van der Waals surface area contributed by atoms with E-state index in [-0.39, 0.29) is 30.2 Å². The number of anilines is 1. The van der Waals surface area contributed by atoms with E-state index in [9.17, 15) is 19.8 Å². The molecule has 1 aromatic carbocycles. The van der Waals surface area contributed by atoms with Gasteiger partial charge in [-0.15, -0.1) is 0 Å². The number of carbonyl (C=O) groups excluding carboxylic acids is 1. The fourth-order valence-corrected chi connectivity index (χ4v) is 5.32. The Balaban J connectivity index is 1.51. The number of aromatic nitrogens is 1. The highest BCUT2D eigenvalue weighted by Crippen LogP contribution is 2.47. The number of fused-ring (bicyclic) bond motifs is 1. The highest BCUT2D eigenvalue weighted by Gasteiger charge is 2.59. The van der Waals surface area contributed by atoms with Crippen LogP contribution in [0.4, 0.5) is 5.82 Å². The van der Waals surface area contributed by atoms with Crippen LogP contribution in [0.3, 0.4) is 0 Å². The molecular weight excluding hydrogens is 525 g/mol. The van der Waals surface area contributed by atoms with Gasteiger partial charge in [0.25, 0.3) is 5.82 Å². The van der Waals surface area contributed by atoms with E-state index in [2.05, 4.69) is 22.6 Å². The van der Waals surface area contributed by atoms with E-state index in [4.69, 9.17) is 10.5 Å². The Bertz CT molecular complexity index is 1120. The number of nitrogens with zero attached hydrogens (tertiary/aromatic N) is 2. The van der Waals surface area contributed by atoms with Gasteiger partial charge < -0.3 is 19.8 Å². The normalized spacial score (nSPS) is 23.1. The standard InChI is InChI=1S/C23H24IN3O5/c1-12-15(21(23(30)31)27-20(12)19(13(2)28)22(27)29)11-32-17-7-6-14(9-16(17)24)10-26-8-4-3-5-18(26)25/h3-9,12-13,19-20,25,28H,10-11H2,1-2H3,(H,30,31)/p+1/t12?,13?,19-,20-/m1/s1. The van der Waals surface area contributed by atoms with Crippen molar-refractivity contribution in [2.24, 2.45) is 11.8 Å². The molecule has 8 nitrogen and oxygen atoms in total. The first-order chi connectivity index (χ1) is 15.2. The minimum Gasteiger partial charge on any atom is -0.488 e. The van der Waals surface area contributed by atoms with Gasteiger partial charge in [0.05, 0.1) is 27.8 Å². The zero-order valence-electron chi connectivity index (χ0n) is 17.7. The summed E-state index contributed by atoms with van der Waals surface area (Å²) in [5.74, 6) is -0.996. The molecule has 0 bridgehead atoms. The molecule has 1 fully saturated rings. The Morgan fingerprint density at radius 2 is 2.09 bits per heavy atom. The van der Waals surface area contributed by atoms with Crippen molar-refractivity contribution in [3.05, 3.63) is 63.0 Å². The molecule has 9 heteroatoms. The fraction of sp³-hybridized carbons (Fsp3) is 0.348. The Morgan fingerprint density at radius 3 is 2.72 bits per heavy atom. The van der Waals surface area contributed by atoms with Gasteiger partial charge in [-0.05, 0) is 53.3 Å². The lowest BCUT2D eigenvalue weighted by Crippen LogP contribution is -2.63. The molecule has 4 atom stereocenters. The lowest BCUT2D eigenvalue weighted by atomic mass is 9.78. The van der Waals surface area contributed by atoms with Gasteiger partial charge in [0, 0.05) is 17.6 Å². The number of carbonyl (C=O) groups is 2. The van der Waals surface area contributed by atoms with E-state index in [0.717, 1.165) is 9.13 Å². The molecule has 2 aliphatic rings. The van der Waals surface area contributed by atoms with Crippen molar-refractivity contribution in [1.82, 2.24) is 4.90 Å². The number of aliphatic hydroxyl groups excluding tert-OH is 1. The lowest BCUT2D eigenvalue weighted by Gasteiger charge is -2.46. The molecule has 4 rings (SSSR count). The molecule has 168 valence electrons. The van der Waals surface area contributed by atoms with Gasteiger partial charge in [0.1, 0.15) is 24.6 Å². The van der Waals surface area contributed by atoms with Crippen molar-refractivity contribution in [3.63, 3.8) is 0 Å². The number of carboxylic acid groups (broad SMARTS) is 1. The quantitative estimate of drug-likeness (QED) is 0.275. The average Bonchev–Trinajstić information content (AvgIpc) is 2.97. The summed E-state index contributed by atoms with van der Waals surface area (Å²) in [5.41, 5.74) is 7.60. The van der Waals surface area contributed by atoms with Crippen LogP contribution in [0.25, 0.3) is 0 Å². The second-order valence-electron chi connectivity index (χ2n) is 8.24. The summed E-state index contributed by atoms with van der Waals surface area (Å²) in [6.07, 6.45) is 1.09. The molecule has 1 amide bonds. The summed E-state index contributed by atoms with van der Waals surface area (Å²) in [7, 11) is 0. The number of pyridine rings is 1. The van der Waals surface area contributed by atoms with E-state index >= 15 is 0 Å². The number of rotatable bonds is 7. The van der Waals surface area contributed by atoms with E-state index in [1.807, 2.05) is 54.1 Å². The fourth-order valence-electron chi connectivity index (χ4n) is 4.58. The SMILES string of the molecule is CC(O)[C@H]1C(=O)N2C(C(=O)O)=C(COc3ccc(C[n+]4ccccc4N)cc3I)C(C)[C@H]12. The molecule has 0 spiro atoms. The summed E-state index contributed by atoms with van der Waals surface area (Å²) in [5, 5.41) is 19.7. The van der Waals surface area contributed by atoms with E-state index in [1.54, 1.807) is 6.92 Å². The molecule has 32 heavy (non-hydrogen) atoms. The molecule has 1 aromatic heterocycles. The van der Waals surface area contributed by atoms with Crippen molar-refractivity contribution < 1.29 is 29.1 Å². The maximum atomic E-state index is 12.4. The molecular formula is C23H25IN3O5+. The maximum Gasteiger partial charge on any atom is 0.352 e. The second-order valence-corrected chi connectivity index (χ2v) is 9.40. The highest BCUT2D eigenvalue weighted by molar-refractivity contribution is 14.1. The number of halogens is 1. The number of aliphatic carboxylic acids is 1. The van der Waals surface area contributed by atoms with Crippen molar-refractivity contribution in [2.75, 3.05) is 12.3 Å². The number of nitrogens with two attached hydrogens (primary N) is 1. The van der Waals surface area contributed by atoms with Gasteiger partial charge in [-0.2, -0.15) is 0 Å². The number of benzene rings is 1. The third-order valence-corrected chi connectivity index (χ3v) is 7.07. The van der Waals surface area contributed by atoms with Gasteiger partial charge in [-0.3, -0.25) is 10.5 Å². The molecule has 2 aromatic rings. The average molecular weight is 550 g/mol. The summed E-state index contributed by atoms with van der Waals surface area (Å²) in [6, 6.07) is 11.1.